The summed E-state index contributed by atoms with van der Waals surface area (Å²) in [6.45, 7) is 7.46. The Morgan fingerprint density at radius 1 is 1.10 bits per heavy atom. The number of nitrogens with one attached hydrogen (secondary N) is 1. The van der Waals surface area contributed by atoms with E-state index in [0.717, 1.165) is 23.7 Å². The smallest absolute Gasteiger partial charge is 0.243 e. The van der Waals surface area contributed by atoms with E-state index >= 15 is 0 Å². The molecular formula is C19H29NO. The van der Waals surface area contributed by atoms with Crippen LogP contribution < -0.4 is 5.32 Å². The van der Waals surface area contributed by atoms with Gasteiger partial charge in [-0.2, -0.15) is 0 Å². The van der Waals surface area contributed by atoms with Crippen LogP contribution in [0, 0.1) is 34.5 Å². The van der Waals surface area contributed by atoms with Gasteiger partial charge in [-0.1, -0.05) is 26.8 Å². The zero-order chi connectivity index (χ0) is 14.8. The third-order valence-electron chi connectivity index (χ3n) is 8.16. The van der Waals surface area contributed by atoms with Crippen LogP contribution in [0.2, 0.25) is 0 Å². The lowest BCUT2D eigenvalue weighted by Gasteiger charge is -2.58. The molecule has 4 aliphatic rings. The molecule has 0 aromatic rings. The second kappa shape index (κ2) is 4.36. The Bertz CT molecular complexity index is 498. The highest BCUT2D eigenvalue weighted by atomic mass is 16.1. The average molecular weight is 287 g/mol. The van der Waals surface area contributed by atoms with E-state index in [4.69, 9.17) is 0 Å². The van der Waals surface area contributed by atoms with E-state index in [2.05, 4.69) is 32.2 Å². The zero-order valence-electron chi connectivity index (χ0n) is 13.7. The molecule has 0 aromatic carbocycles. The number of carbonyl (C=O) groups excluding carboxylic acids is 1. The second-order valence-corrected chi connectivity index (χ2v) is 8.74. The molecule has 21 heavy (non-hydrogen) atoms. The summed E-state index contributed by atoms with van der Waals surface area (Å²) in [5.74, 6) is 3.60. The maximum Gasteiger partial charge on any atom is 0.243 e. The van der Waals surface area contributed by atoms with Gasteiger partial charge in [-0.15, -0.1) is 0 Å². The summed E-state index contributed by atoms with van der Waals surface area (Å²) in [4.78, 5) is 11.7. The molecule has 3 saturated carbocycles. The van der Waals surface area contributed by atoms with Crippen LogP contribution in [0.4, 0.5) is 0 Å². The van der Waals surface area contributed by atoms with Gasteiger partial charge in [0.05, 0.1) is 0 Å². The fraction of sp³-hybridized carbons (Fsp3) is 0.842. The van der Waals surface area contributed by atoms with Crippen molar-refractivity contribution in [2.75, 3.05) is 0 Å². The molecule has 0 radical (unpaired) electrons. The summed E-state index contributed by atoms with van der Waals surface area (Å²) in [5.41, 5.74) is 0.788. The predicted octanol–water partition coefficient (Wildman–Crippen LogP) is 3.92. The van der Waals surface area contributed by atoms with Crippen molar-refractivity contribution < 1.29 is 4.79 Å². The van der Waals surface area contributed by atoms with Crippen molar-refractivity contribution in [2.24, 2.45) is 34.5 Å². The minimum absolute atomic E-state index is 0.117. The summed E-state index contributed by atoms with van der Waals surface area (Å²) in [5, 5.41) is 3.24. The fourth-order valence-corrected chi connectivity index (χ4v) is 6.60. The van der Waals surface area contributed by atoms with E-state index in [-0.39, 0.29) is 11.3 Å². The number of hydrogen-bond donors (Lipinski definition) is 1. The van der Waals surface area contributed by atoms with Crippen molar-refractivity contribution in [1.29, 1.82) is 0 Å². The minimum atomic E-state index is 0.117. The number of carbonyl (C=O) groups is 1. The fourth-order valence-electron chi connectivity index (χ4n) is 6.60. The van der Waals surface area contributed by atoms with E-state index in [1.165, 1.54) is 38.5 Å². The molecule has 4 rings (SSSR count). The van der Waals surface area contributed by atoms with Crippen molar-refractivity contribution >= 4 is 5.91 Å². The molecule has 0 aromatic heterocycles. The van der Waals surface area contributed by atoms with Crippen molar-refractivity contribution in [3.05, 3.63) is 12.2 Å². The number of rotatable bonds is 0. The highest BCUT2D eigenvalue weighted by molar-refractivity contribution is 5.89. The van der Waals surface area contributed by atoms with Crippen LogP contribution in [-0.4, -0.2) is 11.9 Å². The zero-order valence-corrected chi connectivity index (χ0v) is 13.7. The van der Waals surface area contributed by atoms with Crippen LogP contribution in [0.3, 0.4) is 0 Å². The van der Waals surface area contributed by atoms with E-state index in [0.29, 0.717) is 11.5 Å². The molecule has 0 spiro atoms. The van der Waals surface area contributed by atoms with E-state index in [9.17, 15) is 4.79 Å². The molecule has 0 saturated heterocycles. The van der Waals surface area contributed by atoms with Gasteiger partial charge in [-0.25, -0.2) is 0 Å². The quantitative estimate of drug-likeness (QED) is 0.719. The normalized spacial score (nSPS) is 55.4. The Hall–Kier alpha value is -0.790. The van der Waals surface area contributed by atoms with Crippen LogP contribution in [0.1, 0.15) is 59.3 Å². The molecule has 2 heteroatoms. The molecule has 0 bridgehead atoms. The molecule has 116 valence electrons. The van der Waals surface area contributed by atoms with Crippen LogP contribution in [0.25, 0.3) is 0 Å². The van der Waals surface area contributed by atoms with Gasteiger partial charge in [0.2, 0.25) is 5.91 Å². The van der Waals surface area contributed by atoms with Gasteiger partial charge < -0.3 is 5.32 Å². The van der Waals surface area contributed by atoms with Crippen LogP contribution in [0.15, 0.2) is 12.2 Å². The Kier molecular flexibility index (Phi) is 2.88. The monoisotopic (exact) mass is 287 g/mol. The Morgan fingerprint density at radius 3 is 2.71 bits per heavy atom. The molecule has 1 aliphatic heterocycles. The molecule has 3 aliphatic carbocycles. The number of amides is 1. The maximum atomic E-state index is 11.7. The van der Waals surface area contributed by atoms with Gasteiger partial charge in [0.1, 0.15) is 0 Å². The lowest BCUT2D eigenvalue weighted by Crippen LogP contribution is -2.59. The summed E-state index contributed by atoms with van der Waals surface area (Å²) in [7, 11) is 0. The third kappa shape index (κ3) is 1.74. The Balaban J connectivity index is 1.68. The molecule has 1 heterocycles. The highest BCUT2D eigenvalue weighted by Crippen LogP contribution is 2.64. The van der Waals surface area contributed by atoms with E-state index < -0.39 is 0 Å². The van der Waals surface area contributed by atoms with E-state index in [1.54, 1.807) is 6.08 Å². The van der Waals surface area contributed by atoms with Crippen molar-refractivity contribution in [3.63, 3.8) is 0 Å². The van der Waals surface area contributed by atoms with Crippen LogP contribution in [-0.2, 0) is 4.79 Å². The molecule has 3 fully saturated rings. The van der Waals surface area contributed by atoms with Gasteiger partial charge >= 0.3 is 0 Å². The van der Waals surface area contributed by atoms with Gasteiger partial charge in [0.25, 0.3) is 0 Å². The predicted molar refractivity (Wildman–Crippen MR) is 84.6 cm³/mol. The highest BCUT2D eigenvalue weighted by Gasteiger charge is 2.58. The van der Waals surface area contributed by atoms with E-state index in [1.807, 2.05) is 0 Å². The largest absolute Gasteiger partial charge is 0.349 e. The minimum Gasteiger partial charge on any atom is -0.349 e. The average Bonchev–Trinajstić information content (AvgIpc) is 2.76. The van der Waals surface area contributed by atoms with Crippen molar-refractivity contribution in [1.82, 2.24) is 5.32 Å². The first-order valence-corrected chi connectivity index (χ1v) is 8.95. The Labute approximate surface area is 128 Å². The van der Waals surface area contributed by atoms with Crippen molar-refractivity contribution in [3.8, 4) is 0 Å². The lowest BCUT2D eigenvalue weighted by atomic mass is 9.48. The summed E-state index contributed by atoms with van der Waals surface area (Å²) >= 11 is 0. The molecule has 7 atom stereocenters. The first kappa shape index (κ1) is 13.8. The molecular weight excluding hydrogens is 258 g/mol. The number of hydrogen-bond acceptors (Lipinski definition) is 1. The molecule has 2 nitrogen and oxygen atoms in total. The summed E-state index contributed by atoms with van der Waals surface area (Å²) < 4.78 is 0. The second-order valence-electron chi connectivity index (χ2n) is 8.74. The first-order chi connectivity index (χ1) is 9.95. The topological polar surface area (TPSA) is 29.1 Å². The van der Waals surface area contributed by atoms with Gasteiger partial charge in [0.15, 0.2) is 0 Å². The SMILES string of the molecule is C[C@H]1CC[C@H]2C3CCC4NC(=O)C=CC4(C)[C@H]3CCC12C. The molecule has 4 unspecified atom stereocenters. The Morgan fingerprint density at radius 2 is 1.90 bits per heavy atom. The first-order valence-electron chi connectivity index (χ1n) is 8.95. The lowest BCUT2D eigenvalue weighted by molar-refractivity contribution is -0.122. The van der Waals surface area contributed by atoms with Gasteiger partial charge in [-0.05, 0) is 73.7 Å². The van der Waals surface area contributed by atoms with Gasteiger partial charge in [0, 0.05) is 11.5 Å². The molecule has 1 N–H and O–H groups in total. The summed E-state index contributed by atoms with van der Waals surface area (Å²) in [6, 6.07) is 0.374. The van der Waals surface area contributed by atoms with Crippen molar-refractivity contribution in [2.45, 2.75) is 65.3 Å². The number of fused-ring (bicyclic) bond motifs is 5. The van der Waals surface area contributed by atoms with Crippen LogP contribution in [0.5, 0.6) is 0 Å². The molecule has 1 amide bonds. The third-order valence-corrected chi connectivity index (χ3v) is 8.16. The van der Waals surface area contributed by atoms with Crippen LogP contribution >= 0.6 is 0 Å². The standard InChI is InChI=1S/C19H29NO/c1-12-4-6-14-13-5-7-16-19(3,11-9-17(21)20-16)15(13)8-10-18(12,14)2/h9,11-16H,4-8,10H2,1-3H3,(H,20,21)/t12-,13?,14-,15-,16?,18?,19?/m0/s1. The summed E-state index contributed by atoms with van der Waals surface area (Å²) in [6.07, 6.45) is 12.2. The van der Waals surface area contributed by atoms with Gasteiger partial charge in [-0.3, -0.25) is 4.79 Å². The maximum absolute atomic E-state index is 11.7.